The van der Waals surface area contributed by atoms with Crippen molar-refractivity contribution in [1.29, 1.82) is 0 Å². The van der Waals surface area contributed by atoms with Gasteiger partial charge in [0, 0.05) is 25.7 Å². The Balaban J connectivity index is 2.42. The van der Waals surface area contributed by atoms with Crippen LogP contribution in [0.4, 0.5) is 5.69 Å². The number of carbonyl (C=O) groups is 4. The molecule has 1 heterocycles. The van der Waals surface area contributed by atoms with Gasteiger partial charge in [0.2, 0.25) is 15.6 Å². The highest BCUT2D eigenvalue weighted by molar-refractivity contribution is 7.89. The first-order chi connectivity index (χ1) is 24.1. The maximum absolute atomic E-state index is 15.5. The summed E-state index contributed by atoms with van der Waals surface area (Å²) in [5.41, 5.74) is -3.60. The molecule has 0 amide bonds. The third-order valence-electron chi connectivity index (χ3n) is 8.61. The third-order valence-corrected chi connectivity index (χ3v) is 10.5. The van der Waals surface area contributed by atoms with E-state index in [0.29, 0.717) is 11.3 Å². The van der Waals surface area contributed by atoms with Crippen LogP contribution >= 0.6 is 0 Å². The number of aryl methyl sites for hydroxylation is 1. The molecular weight excluding hydrogens is 689 g/mol. The number of hydrogen-bond donors (Lipinski definition) is 0. The van der Waals surface area contributed by atoms with Crippen LogP contribution in [0, 0.1) is 12.8 Å². The largest absolute Gasteiger partial charge is 0.468 e. The van der Waals surface area contributed by atoms with Gasteiger partial charge in [-0.25, -0.2) is 18.0 Å². The molecule has 4 rings (SSSR count). The molecule has 0 radical (unpaired) electrons. The number of carbonyl (C=O) groups excluding carboxylic acids is 4. The molecule has 13 heteroatoms. The summed E-state index contributed by atoms with van der Waals surface area (Å²) in [5, 5.41) is 0. The fourth-order valence-electron chi connectivity index (χ4n) is 6.43. The molecule has 0 fully saturated rings. The smallest absolute Gasteiger partial charge is 0.340 e. The maximum Gasteiger partial charge on any atom is 0.340 e. The molecule has 0 N–H and O–H groups in total. The maximum atomic E-state index is 15.5. The Kier molecular flexibility index (Phi) is 11.3. The SMILES string of the molecule is COC(=O)C(C(=O)OC)[C@@H]1c2cc(N(C)C)ccc2[C@@H](c2ccccc2)N(S(=O)(=O)c2ccc(C)cc2)C1(C(=O)OC(C)(C)C)C(=O)OC(C)(C)C. The molecule has 12 nitrogen and oxygen atoms in total. The lowest BCUT2D eigenvalue weighted by atomic mass is 9.65. The van der Waals surface area contributed by atoms with Crippen LogP contribution < -0.4 is 4.90 Å². The highest BCUT2D eigenvalue weighted by atomic mass is 32.2. The number of esters is 4. The van der Waals surface area contributed by atoms with Crippen molar-refractivity contribution < 1.29 is 46.5 Å². The molecule has 0 saturated heterocycles. The number of sulfonamides is 1. The molecule has 0 aromatic heterocycles. The molecule has 52 heavy (non-hydrogen) atoms. The average molecular weight is 737 g/mol. The van der Waals surface area contributed by atoms with Gasteiger partial charge in [-0.15, -0.1) is 0 Å². The summed E-state index contributed by atoms with van der Waals surface area (Å²) in [6.45, 7) is 11.1. The predicted octanol–water partition coefficient (Wildman–Crippen LogP) is 5.32. The Labute approximate surface area is 306 Å². The molecule has 3 aromatic carbocycles. The van der Waals surface area contributed by atoms with Gasteiger partial charge in [-0.3, -0.25) is 9.59 Å². The summed E-state index contributed by atoms with van der Waals surface area (Å²) in [6.07, 6.45) is 0. The van der Waals surface area contributed by atoms with E-state index in [-0.39, 0.29) is 16.0 Å². The van der Waals surface area contributed by atoms with Crippen molar-refractivity contribution in [2.75, 3.05) is 33.2 Å². The Morgan fingerprint density at radius 3 is 1.69 bits per heavy atom. The summed E-state index contributed by atoms with van der Waals surface area (Å²) >= 11 is 0. The standard InChI is InChI=1S/C39H48N2O10S/c1-24-17-20-27(21-18-24)52(46,47)41-32(25-15-13-12-14-16-25)28-22-19-26(40(8)9)23-29(28)31(30(33(42)48-10)34(43)49-11)39(41,35(44)50-37(2,3)4)36(45)51-38(5,6)7/h12-23,30-32H,1-11H3/t31-,32+/m0/s1. The molecular formula is C39H48N2O10S. The number of rotatable bonds is 9. The zero-order valence-electron chi connectivity index (χ0n) is 31.5. The van der Waals surface area contributed by atoms with Crippen molar-refractivity contribution in [1.82, 2.24) is 4.31 Å². The number of hydrogen-bond acceptors (Lipinski definition) is 11. The van der Waals surface area contributed by atoms with Crippen LogP contribution in [0.2, 0.25) is 0 Å². The van der Waals surface area contributed by atoms with E-state index in [1.54, 1.807) is 128 Å². The van der Waals surface area contributed by atoms with Gasteiger partial charge in [0.05, 0.1) is 25.2 Å². The molecule has 280 valence electrons. The minimum Gasteiger partial charge on any atom is -0.468 e. The quantitative estimate of drug-likeness (QED) is 0.160. The lowest BCUT2D eigenvalue weighted by Gasteiger charge is -2.53. The Morgan fingerprint density at radius 2 is 1.25 bits per heavy atom. The van der Waals surface area contributed by atoms with Crippen LogP contribution in [0.25, 0.3) is 0 Å². The zero-order chi connectivity index (χ0) is 39.0. The molecule has 0 saturated carbocycles. The summed E-state index contributed by atoms with van der Waals surface area (Å²) in [4.78, 5) is 60.2. The molecule has 0 unspecified atom stereocenters. The number of nitrogens with zero attached hydrogens (tertiary/aromatic N) is 2. The molecule has 1 aliphatic rings. The van der Waals surface area contributed by atoms with Crippen LogP contribution in [0.15, 0.2) is 77.7 Å². The van der Waals surface area contributed by atoms with E-state index < -0.39 is 68.5 Å². The zero-order valence-corrected chi connectivity index (χ0v) is 32.4. The van der Waals surface area contributed by atoms with Gasteiger partial charge >= 0.3 is 23.9 Å². The Bertz CT molecular complexity index is 1880. The average Bonchev–Trinajstić information content (AvgIpc) is 3.06. The van der Waals surface area contributed by atoms with E-state index in [9.17, 15) is 9.59 Å². The van der Waals surface area contributed by atoms with E-state index in [2.05, 4.69) is 0 Å². The first-order valence-electron chi connectivity index (χ1n) is 16.7. The highest BCUT2D eigenvalue weighted by Crippen LogP contribution is 2.56. The molecule has 3 aromatic rings. The minimum absolute atomic E-state index is 0.132. The second kappa shape index (κ2) is 14.7. The van der Waals surface area contributed by atoms with Gasteiger partial charge in [-0.1, -0.05) is 54.1 Å². The fraction of sp³-hybridized carbons (Fsp3) is 0.436. The van der Waals surface area contributed by atoms with Crippen molar-refractivity contribution >= 4 is 39.6 Å². The van der Waals surface area contributed by atoms with Crippen LogP contribution in [0.3, 0.4) is 0 Å². The van der Waals surface area contributed by atoms with Crippen LogP contribution in [-0.4, -0.2) is 81.7 Å². The number of ether oxygens (including phenoxy) is 4. The van der Waals surface area contributed by atoms with Gasteiger partial charge in [-0.05, 0) is 89.4 Å². The number of fused-ring (bicyclic) bond motifs is 1. The summed E-state index contributed by atoms with van der Waals surface area (Å²) < 4.78 is 54.2. The molecule has 1 aliphatic heterocycles. The fourth-order valence-corrected chi connectivity index (χ4v) is 8.29. The van der Waals surface area contributed by atoms with Crippen molar-refractivity contribution in [3.63, 3.8) is 0 Å². The van der Waals surface area contributed by atoms with E-state index >= 15 is 18.0 Å². The van der Waals surface area contributed by atoms with E-state index in [1.807, 2.05) is 0 Å². The third kappa shape index (κ3) is 7.56. The number of methoxy groups -OCH3 is 2. The van der Waals surface area contributed by atoms with Gasteiger partial charge in [-0.2, -0.15) is 4.31 Å². The van der Waals surface area contributed by atoms with E-state index in [1.165, 1.54) is 12.1 Å². The van der Waals surface area contributed by atoms with Gasteiger partial charge in [0.15, 0.2) is 5.92 Å². The summed E-state index contributed by atoms with van der Waals surface area (Å²) in [7, 11) is 0.623. The van der Waals surface area contributed by atoms with Gasteiger partial charge in [0.1, 0.15) is 11.2 Å². The predicted molar refractivity (Wildman–Crippen MR) is 194 cm³/mol. The van der Waals surface area contributed by atoms with Crippen molar-refractivity contribution in [2.24, 2.45) is 5.92 Å². The monoisotopic (exact) mass is 736 g/mol. The van der Waals surface area contributed by atoms with Crippen molar-refractivity contribution in [3.05, 3.63) is 95.1 Å². The number of anilines is 1. The molecule has 0 spiro atoms. The first kappa shape index (κ1) is 40.0. The lowest BCUT2D eigenvalue weighted by molar-refractivity contribution is -0.191. The minimum atomic E-state index is -4.97. The first-order valence-corrected chi connectivity index (χ1v) is 18.2. The van der Waals surface area contributed by atoms with Crippen LogP contribution in [0.5, 0.6) is 0 Å². The molecule has 0 bridgehead atoms. The van der Waals surface area contributed by atoms with Crippen LogP contribution in [0.1, 0.15) is 75.8 Å². The summed E-state index contributed by atoms with van der Waals surface area (Å²) in [6, 6.07) is 18.0. The van der Waals surface area contributed by atoms with E-state index in [4.69, 9.17) is 18.9 Å². The van der Waals surface area contributed by atoms with Gasteiger partial charge in [0.25, 0.3) is 0 Å². The lowest BCUT2D eigenvalue weighted by Crippen LogP contribution is -2.72. The Morgan fingerprint density at radius 1 is 0.750 bits per heavy atom. The normalized spacial score (nSPS) is 17.5. The second-order valence-electron chi connectivity index (χ2n) is 14.9. The van der Waals surface area contributed by atoms with Crippen molar-refractivity contribution in [2.45, 2.75) is 82.1 Å². The summed E-state index contributed by atoms with van der Waals surface area (Å²) in [5.74, 6) is -9.10. The second-order valence-corrected chi connectivity index (χ2v) is 16.7. The van der Waals surface area contributed by atoms with Crippen molar-refractivity contribution in [3.8, 4) is 0 Å². The van der Waals surface area contributed by atoms with Gasteiger partial charge < -0.3 is 23.8 Å². The topological polar surface area (TPSA) is 146 Å². The molecule has 0 aliphatic carbocycles. The molecule has 2 atom stereocenters. The van der Waals surface area contributed by atoms with E-state index in [0.717, 1.165) is 24.1 Å². The number of benzene rings is 3. The Hall–Kier alpha value is -4.75. The highest BCUT2D eigenvalue weighted by Gasteiger charge is 2.72. The van der Waals surface area contributed by atoms with Crippen LogP contribution in [-0.2, 0) is 48.1 Å².